The van der Waals surface area contributed by atoms with Gasteiger partial charge in [0.1, 0.15) is 5.75 Å². The van der Waals surface area contributed by atoms with E-state index in [0.717, 1.165) is 10.2 Å². The second-order valence-corrected chi connectivity index (χ2v) is 5.31. The van der Waals surface area contributed by atoms with Gasteiger partial charge in [-0.05, 0) is 42.5 Å². The molecule has 0 amide bonds. The lowest BCUT2D eigenvalue weighted by Gasteiger charge is -2.21. The third-order valence-electron chi connectivity index (χ3n) is 3.47. The summed E-state index contributed by atoms with van der Waals surface area (Å²) in [4.78, 5) is 0. The Morgan fingerprint density at radius 3 is 2.69 bits per heavy atom. The van der Waals surface area contributed by atoms with E-state index in [9.17, 15) is 0 Å². The number of methoxy groups -OCH3 is 1. The van der Waals surface area contributed by atoms with Crippen LogP contribution in [0.3, 0.4) is 0 Å². The fourth-order valence-corrected chi connectivity index (χ4v) is 2.99. The fraction of sp³-hybridized carbons (Fsp3) is 0.538. The number of ether oxygens (including phenoxy) is 1. The summed E-state index contributed by atoms with van der Waals surface area (Å²) in [5.74, 6) is 1.51. The number of hydrogen-bond acceptors (Lipinski definition) is 2. The first kappa shape index (κ1) is 11.9. The average Bonchev–Trinajstić information content (AvgIpc) is 2.82. The van der Waals surface area contributed by atoms with E-state index >= 15 is 0 Å². The highest BCUT2D eigenvalue weighted by atomic mass is 79.9. The number of halogens is 1. The zero-order valence-corrected chi connectivity index (χ0v) is 11.2. The molecule has 0 unspecified atom stereocenters. The van der Waals surface area contributed by atoms with Crippen LogP contribution in [0.4, 0.5) is 0 Å². The minimum atomic E-state index is 0.131. The number of benzene rings is 1. The third kappa shape index (κ3) is 2.41. The molecular formula is C13H18BrNO. The summed E-state index contributed by atoms with van der Waals surface area (Å²) in [6.45, 7) is 0. The van der Waals surface area contributed by atoms with Gasteiger partial charge in [-0.2, -0.15) is 0 Å². The van der Waals surface area contributed by atoms with Gasteiger partial charge < -0.3 is 10.5 Å². The van der Waals surface area contributed by atoms with Gasteiger partial charge in [-0.25, -0.2) is 0 Å². The lowest BCUT2D eigenvalue weighted by molar-refractivity contribution is 0.409. The minimum Gasteiger partial charge on any atom is -0.497 e. The maximum atomic E-state index is 6.34. The van der Waals surface area contributed by atoms with Crippen molar-refractivity contribution in [3.8, 4) is 5.75 Å². The predicted molar refractivity (Wildman–Crippen MR) is 69.6 cm³/mol. The zero-order chi connectivity index (χ0) is 11.5. The summed E-state index contributed by atoms with van der Waals surface area (Å²) in [7, 11) is 1.69. The van der Waals surface area contributed by atoms with E-state index in [1.165, 1.54) is 31.2 Å². The second kappa shape index (κ2) is 5.19. The smallest absolute Gasteiger partial charge is 0.119 e. The molecule has 0 bridgehead atoms. The Bertz CT molecular complexity index is 361. The molecule has 0 aliphatic heterocycles. The van der Waals surface area contributed by atoms with Crippen molar-refractivity contribution in [1.82, 2.24) is 0 Å². The molecule has 1 aromatic carbocycles. The monoisotopic (exact) mass is 283 g/mol. The molecule has 88 valence electrons. The SMILES string of the molecule is COc1ccc(Br)c([C@@H](N)C2CCCC2)c1. The molecule has 2 rings (SSSR count). The van der Waals surface area contributed by atoms with E-state index in [1.54, 1.807) is 7.11 Å². The molecule has 1 aromatic rings. The molecule has 16 heavy (non-hydrogen) atoms. The Kier molecular flexibility index (Phi) is 3.87. The van der Waals surface area contributed by atoms with Crippen molar-refractivity contribution >= 4 is 15.9 Å². The molecular weight excluding hydrogens is 266 g/mol. The first-order valence-electron chi connectivity index (χ1n) is 5.81. The van der Waals surface area contributed by atoms with E-state index in [0.29, 0.717) is 5.92 Å². The van der Waals surface area contributed by atoms with Crippen LogP contribution in [0.15, 0.2) is 22.7 Å². The Hall–Kier alpha value is -0.540. The Balaban J connectivity index is 2.23. The highest BCUT2D eigenvalue weighted by molar-refractivity contribution is 9.10. The van der Waals surface area contributed by atoms with Gasteiger partial charge in [-0.3, -0.25) is 0 Å². The van der Waals surface area contributed by atoms with Crippen LogP contribution in [0.1, 0.15) is 37.3 Å². The topological polar surface area (TPSA) is 35.2 Å². The van der Waals surface area contributed by atoms with Crippen LogP contribution in [0.5, 0.6) is 5.75 Å². The van der Waals surface area contributed by atoms with Crippen LogP contribution >= 0.6 is 15.9 Å². The standard InChI is InChI=1S/C13H18BrNO/c1-16-10-6-7-12(14)11(8-10)13(15)9-4-2-3-5-9/h6-9,13H,2-5,15H2,1H3/t13-/m0/s1. The molecule has 0 spiro atoms. The van der Waals surface area contributed by atoms with Gasteiger partial charge in [0.15, 0.2) is 0 Å². The molecule has 0 aromatic heterocycles. The normalized spacial score (nSPS) is 18.7. The molecule has 1 saturated carbocycles. The van der Waals surface area contributed by atoms with E-state index in [4.69, 9.17) is 10.5 Å². The minimum absolute atomic E-state index is 0.131. The summed E-state index contributed by atoms with van der Waals surface area (Å²) in [5.41, 5.74) is 7.51. The molecule has 2 N–H and O–H groups in total. The Morgan fingerprint density at radius 1 is 1.38 bits per heavy atom. The quantitative estimate of drug-likeness (QED) is 0.919. The molecule has 1 atom stereocenters. The number of hydrogen-bond donors (Lipinski definition) is 1. The first-order chi connectivity index (χ1) is 7.72. The summed E-state index contributed by atoms with van der Waals surface area (Å²) in [6.07, 6.45) is 5.15. The first-order valence-corrected chi connectivity index (χ1v) is 6.60. The molecule has 0 saturated heterocycles. The second-order valence-electron chi connectivity index (χ2n) is 4.46. The van der Waals surface area contributed by atoms with Gasteiger partial charge in [-0.15, -0.1) is 0 Å². The molecule has 1 aliphatic rings. The van der Waals surface area contributed by atoms with Crippen molar-refractivity contribution in [1.29, 1.82) is 0 Å². The van der Waals surface area contributed by atoms with Gasteiger partial charge in [0.05, 0.1) is 7.11 Å². The maximum absolute atomic E-state index is 6.34. The number of rotatable bonds is 3. The third-order valence-corrected chi connectivity index (χ3v) is 4.19. The largest absolute Gasteiger partial charge is 0.497 e. The molecule has 1 fully saturated rings. The van der Waals surface area contributed by atoms with E-state index < -0.39 is 0 Å². The summed E-state index contributed by atoms with van der Waals surface area (Å²) in [6, 6.07) is 6.15. The summed E-state index contributed by atoms with van der Waals surface area (Å²) in [5, 5.41) is 0. The van der Waals surface area contributed by atoms with Crippen molar-refractivity contribution in [3.63, 3.8) is 0 Å². The average molecular weight is 284 g/mol. The van der Waals surface area contributed by atoms with Gasteiger partial charge in [0.25, 0.3) is 0 Å². The molecule has 2 nitrogen and oxygen atoms in total. The summed E-state index contributed by atoms with van der Waals surface area (Å²) < 4.78 is 6.34. The zero-order valence-electron chi connectivity index (χ0n) is 9.58. The summed E-state index contributed by atoms with van der Waals surface area (Å²) >= 11 is 3.57. The van der Waals surface area contributed by atoms with Crippen LogP contribution in [0.25, 0.3) is 0 Å². The molecule has 1 aliphatic carbocycles. The van der Waals surface area contributed by atoms with Crippen molar-refractivity contribution in [2.75, 3.05) is 7.11 Å². The highest BCUT2D eigenvalue weighted by Crippen LogP contribution is 2.37. The van der Waals surface area contributed by atoms with Gasteiger partial charge in [-0.1, -0.05) is 28.8 Å². The molecule has 0 heterocycles. The van der Waals surface area contributed by atoms with Crippen LogP contribution in [-0.4, -0.2) is 7.11 Å². The highest BCUT2D eigenvalue weighted by Gasteiger charge is 2.24. The van der Waals surface area contributed by atoms with Crippen molar-refractivity contribution < 1.29 is 4.74 Å². The molecule has 0 radical (unpaired) electrons. The van der Waals surface area contributed by atoms with Crippen molar-refractivity contribution in [2.45, 2.75) is 31.7 Å². The lowest BCUT2D eigenvalue weighted by Crippen LogP contribution is -2.19. The van der Waals surface area contributed by atoms with Gasteiger partial charge in [0.2, 0.25) is 0 Å². The Labute approximate surface area is 105 Å². The van der Waals surface area contributed by atoms with Crippen LogP contribution in [0, 0.1) is 5.92 Å². The molecule has 3 heteroatoms. The van der Waals surface area contributed by atoms with Gasteiger partial charge >= 0.3 is 0 Å². The van der Waals surface area contributed by atoms with Crippen molar-refractivity contribution in [2.24, 2.45) is 11.7 Å². The van der Waals surface area contributed by atoms with Crippen LogP contribution < -0.4 is 10.5 Å². The predicted octanol–water partition coefficient (Wildman–Crippen LogP) is 3.65. The Morgan fingerprint density at radius 2 is 2.06 bits per heavy atom. The maximum Gasteiger partial charge on any atom is 0.119 e. The fourth-order valence-electron chi connectivity index (χ4n) is 2.47. The van der Waals surface area contributed by atoms with Crippen molar-refractivity contribution in [3.05, 3.63) is 28.2 Å². The van der Waals surface area contributed by atoms with E-state index in [-0.39, 0.29) is 6.04 Å². The van der Waals surface area contributed by atoms with Crippen LogP contribution in [-0.2, 0) is 0 Å². The van der Waals surface area contributed by atoms with Gasteiger partial charge in [0, 0.05) is 10.5 Å². The number of nitrogens with two attached hydrogens (primary N) is 1. The lowest BCUT2D eigenvalue weighted by atomic mass is 9.92. The van der Waals surface area contributed by atoms with E-state index in [2.05, 4.69) is 15.9 Å². The van der Waals surface area contributed by atoms with Crippen LogP contribution in [0.2, 0.25) is 0 Å². The van der Waals surface area contributed by atoms with E-state index in [1.807, 2.05) is 18.2 Å².